The number of allylic oxidation sites excluding steroid dienone is 1. The third-order valence-corrected chi connectivity index (χ3v) is 9.80. The van der Waals surface area contributed by atoms with Gasteiger partial charge in [0.1, 0.15) is 6.61 Å². The van der Waals surface area contributed by atoms with Crippen LogP contribution in [0.3, 0.4) is 0 Å². The van der Waals surface area contributed by atoms with Crippen molar-refractivity contribution in [2.45, 2.75) is 26.5 Å². The molecule has 13 heteroatoms. The molecule has 0 saturated carbocycles. The molecule has 1 aliphatic heterocycles. The number of benzene rings is 3. The summed E-state index contributed by atoms with van der Waals surface area (Å²) in [6.45, 7) is 3.90. The van der Waals surface area contributed by atoms with Gasteiger partial charge in [-0.25, -0.2) is 9.79 Å². The molecule has 0 spiro atoms. The van der Waals surface area contributed by atoms with Gasteiger partial charge in [-0.2, -0.15) is 5.26 Å². The summed E-state index contributed by atoms with van der Waals surface area (Å²) in [4.78, 5) is 32.6. The minimum Gasteiger partial charge on any atom is -0.493 e. The van der Waals surface area contributed by atoms with Gasteiger partial charge in [-0.15, -0.1) is 0 Å². The smallest absolute Gasteiger partial charge is 0.338 e. The van der Waals surface area contributed by atoms with Crippen molar-refractivity contribution in [2.24, 2.45) is 4.99 Å². The maximum absolute atomic E-state index is 14.2. The zero-order chi connectivity index (χ0) is 33.8. The SMILES string of the molecule is CCOC(=O)C1=C(C)N=c2s/c(=C\c3cc(I)c(OCc4ccc(C#N)cc4)c(OC)c3)c(=O)n2[C@H]1c1cc(OC)c(OC)cc1Br. The van der Waals surface area contributed by atoms with Crippen molar-refractivity contribution >= 4 is 61.9 Å². The van der Waals surface area contributed by atoms with Crippen LogP contribution in [0.4, 0.5) is 0 Å². The van der Waals surface area contributed by atoms with E-state index in [0.29, 0.717) is 59.2 Å². The van der Waals surface area contributed by atoms with E-state index in [1.807, 2.05) is 18.2 Å². The van der Waals surface area contributed by atoms with Crippen molar-refractivity contribution in [2.75, 3.05) is 27.9 Å². The molecule has 242 valence electrons. The van der Waals surface area contributed by atoms with Crippen molar-refractivity contribution < 1.29 is 28.5 Å². The molecular formula is C34H29BrIN3O7S. The molecule has 2 heterocycles. The van der Waals surface area contributed by atoms with Crippen molar-refractivity contribution in [1.82, 2.24) is 4.57 Å². The van der Waals surface area contributed by atoms with Crippen LogP contribution in [-0.4, -0.2) is 38.5 Å². The Morgan fingerprint density at radius 2 is 1.77 bits per heavy atom. The Labute approximate surface area is 296 Å². The highest BCUT2D eigenvalue weighted by atomic mass is 127. The van der Waals surface area contributed by atoms with E-state index in [4.69, 9.17) is 28.9 Å². The van der Waals surface area contributed by atoms with Gasteiger partial charge < -0.3 is 23.7 Å². The fourth-order valence-corrected chi connectivity index (χ4v) is 7.48. The second-order valence-corrected chi connectivity index (χ2v) is 13.2. The second-order valence-electron chi connectivity index (χ2n) is 10.2. The quantitative estimate of drug-likeness (QED) is 0.149. The molecule has 0 unspecified atom stereocenters. The van der Waals surface area contributed by atoms with Gasteiger partial charge in [-0.1, -0.05) is 39.4 Å². The number of aromatic nitrogens is 1. The third kappa shape index (κ3) is 6.95. The van der Waals surface area contributed by atoms with E-state index >= 15 is 0 Å². The van der Waals surface area contributed by atoms with Gasteiger partial charge in [0.25, 0.3) is 5.56 Å². The molecular weight excluding hydrogens is 801 g/mol. The molecule has 1 atom stereocenters. The van der Waals surface area contributed by atoms with Crippen LogP contribution in [0.5, 0.6) is 23.0 Å². The van der Waals surface area contributed by atoms with Crippen LogP contribution in [0.1, 0.15) is 42.1 Å². The number of ether oxygens (including phenoxy) is 5. The maximum atomic E-state index is 14.2. The van der Waals surface area contributed by atoms with Gasteiger partial charge in [0.2, 0.25) is 0 Å². The zero-order valence-electron chi connectivity index (χ0n) is 26.1. The average Bonchev–Trinajstić information content (AvgIpc) is 3.37. The summed E-state index contributed by atoms with van der Waals surface area (Å²) >= 11 is 7.01. The van der Waals surface area contributed by atoms with E-state index in [1.54, 1.807) is 57.4 Å². The standard InChI is InChI=1S/C34H29BrIN3O7S/c1-6-45-33(41)29-18(2)38-34-39(30(29)22-14-25(42-3)26(43-4)15-23(22)35)32(40)28(47-34)13-21-11-24(36)31(27(12-21)44-5)46-17-20-9-7-19(16-37)8-10-20/h7-15,30H,6,17H2,1-5H3/b28-13-/t30-/m0/s1. The number of carbonyl (C=O) groups is 1. The van der Waals surface area contributed by atoms with Crippen LogP contribution in [-0.2, 0) is 16.1 Å². The summed E-state index contributed by atoms with van der Waals surface area (Å²) in [6.07, 6.45) is 1.77. The van der Waals surface area contributed by atoms with Gasteiger partial charge in [0.15, 0.2) is 27.8 Å². The normalized spacial score (nSPS) is 14.2. The lowest BCUT2D eigenvalue weighted by molar-refractivity contribution is -0.139. The number of rotatable bonds is 10. The van der Waals surface area contributed by atoms with Crippen LogP contribution in [0, 0.1) is 14.9 Å². The monoisotopic (exact) mass is 829 g/mol. The van der Waals surface area contributed by atoms with Crippen LogP contribution in [0.25, 0.3) is 6.08 Å². The lowest BCUT2D eigenvalue weighted by Gasteiger charge is -2.26. The van der Waals surface area contributed by atoms with Crippen LogP contribution in [0.2, 0.25) is 0 Å². The summed E-state index contributed by atoms with van der Waals surface area (Å²) in [5, 5.41) is 9.06. The lowest BCUT2D eigenvalue weighted by atomic mass is 9.95. The van der Waals surface area contributed by atoms with Gasteiger partial charge in [0.05, 0.1) is 65.0 Å². The molecule has 1 aromatic heterocycles. The number of thiazole rings is 1. The first-order chi connectivity index (χ1) is 22.6. The molecule has 3 aromatic carbocycles. The average molecular weight is 830 g/mol. The fourth-order valence-electron chi connectivity index (χ4n) is 5.11. The molecule has 10 nitrogen and oxygen atoms in total. The minimum absolute atomic E-state index is 0.160. The number of carbonyl (C=O) groups excluding carboxylic acids is 1. The maximum Gasteiger partial charge on any atom is 0.338 e. The number of hydrogen-bond acceptors (Lipinski definition) is 10. The summed E-state index contributed by atoms with van der Waals surface area (Å²) in [5.41, 5.74) is 3.16. The summed E-state index contributed by atoms with van der Waals surface area (Å²) in [7, 11) is 4.61. The molecule has 47 heavy (non-hydrogen) atoms. The third-order valence-electron chi connectivity index (χ3n) is 7.33. The van der Waals surface area contributed by atoms with Gasteiger partial charge in [-0.3, -0.25) is 9.36 Å². The Hall–Kier alpha value is -4.13. The van der Waals surface area contributed by atoms with Gasteiger partial charge >= 0.3 is 5.97 Å². The van der Waals surface area contributed by atoms with Crippen LogP contribution < -0.4 is 33.8 Å². The summed E-state index contributed by atoms with van der Waals surface area (Å²) < 4.78 is 31.5. The zero-order valence-corrected chi connectivity index (χ0v) is 30.6. The molecule has 0 aliphatic carbocycles. The van der Waals surface area contributed by atoms with E-state index in [2.05, 4.69) is 49.6 Å². The largest absolute Gasteiger partial charge is 0.493 e. The Bertz CT molecular complexity index is 2120. The first-order valence-electron chi connectivity index (χ1n) is 14.2. The Morgan fingerprint density at radius 3 is 2.40 bits per heavy atom. The molecule has 0 amide bonds. The van der Waals surface area contributed by atoms with Crippen LogP contribution >= 0.6 is 49.9 Å². The second kappa shape index (κ2) is 14.7. The Kier molecular flexibility index (Phi) is 10.7. The molecule has 0 radical (unpaired) electrons. The van der Waals surface area contributed by atoms with Crippen molar-refractivity contribution in [3.63, 3.8) is 0 Å². The van der Waals surface area contributed by atoms with Crippen molar-refractivity contribution in [3.05, 3.63) is 110 Å². The Morgan fingerprint density at radius 1 is 1.09 bits per heavy atom. The molecule has 0 N–H and O–H groups in total. The molecule has 0 fully saturated rings. The number of methoxy groups -OCH3 is 3. The molecule has 5 rings (SSSR count). The number of nitrogens with zero attached hydrogens (tertiary/aromatic N) is 3. The van der Waals surface area contributed by atoms with E-state index < -0.39 is 12.0 Å². The van der Waals surface area contributed by atoms with E-state index in [-0.39, 0.29) is 24.3 Å². The highest BCUT2D eigenvalue weighted by molar-refractivity contribution is 14.1. The summed E-state index contributed by atoms with van der Waals surface area (Å²) in [6, 6.07) is 15.6. The van der Waals surface area contributed by atoms with Gasteiger partial charge in [-0.05, 0) is 95.6 Å². The lowest BCUT2D eigenvalue weighted by Crippen LogP contribution is -2.40. The van der Waals surface area contributed by atoms with Crippen LogP contribution in [0.15, 0.2) is 74.1 Å². The molecule has 0 bridgehead atoms. The topological polar surface area (TPSA) is 121 Å². The number of esters is 1. The first-order valence-corrected chi connectivity index (χ1v) is 16.9. The van der Waals surface area contributed by atoms with Crippen molar-refractivity contribution in [1.29, 1.82) is 5.26 Å². The Balaban J connectivity index is 1.60. The number of hydrogen-bond donors (Lipinski definition) is 0. The van der Waals surface area contributed by atoms with E-state index in [1.165, 1.54) is 30.1 Å². The van der Waals surface area contributed by atoms with Crippen molar-refractivity contribution in [3.8, 4) is 29.1 Å². The summed E-state index contributed by atoms with van der Waals surface area (Å²) in [5.74, 6) is 1.42. The van der Waals surface area contributed by atoms with E-state index in [0.717, 1.165) is 9.13 Å². The predicted octanol–water partition coefficient (Wildman–Crippen LogP) is 5.64. The number of nitriles is 1. The highest BCUT2D eigenvalue weighted by Crippen LogP contribution is 2.41. The molecule has 0 saturated heterocycles. The first kappa shape index (κ1) is 34.2. The number of fused-ring (bicyclic) bond motifs is 1. The highest BCUT2D eigenvalue weighted by Gasteiger charge is 2.35. The number of halogens is 2. The predicted molar refractivity (Wildman–Crippen MR) is 189 cm³/mol. The van der Waals surface area contributed by atoms with Gasteiger partial charge in [0, 0.05) is 4.47 Å². The van der Waals surface area contributed by atoms with E-state index in [9.17, 15) is 9.59 Å². The molecule has 1 aliphatic rings. The fraction of sp³-hybridized carbons (Fsp3) is 0.235. The molecule has 4 aromatic rings. The minimum atomic E-state index is -0.852.